The summed E-state index contributed by atoms with van der Waals surface area (Å²) >= 11 is 1.67. The SMILES string of the molecule is CCc1cc2c(N3CCN(C(=O)c4ccc(-c5ccccc5)cc4)[C@H](C)C3)nc(OC[C@H]3COC(C)(C)O3)nc2s1. The number of amides is 1. The average Bonchev–Trinajstić information content (AvgIpc) is 3.57. The molecule has 9 heteroatoms. The van der Waals surface area contributed by atoms with Crippen molar-refractivity contribution < 1.29 is 19.0 Å². The number of benzene rings is 2. The molecular weight excluding hydrogens is 536 g/mol. The second-order valence-corrected chi connectivity index (χ2v) is 12.2. The number of rotatable bonds is 7. The van der Waals surface area contributed by atoms with Crippen LogP contribution in [0.2, 0.25) is 0 Å². The highest BCUT2D eigenvalue weighted by molar-refractivity contribution is 7.18. The van der Waals surface area contributed by atoms with E-state index in [1.54, 1.807) is 11.3 Å². The topological polar surface area (TPSA) is 77.0 Å². The molecule has 2 aliphatic heterocycles. The number of hydrogen-bond donors (Lipinski definition) is 0. The lowest BCUT2D eigenvalue weighted by atomic mass is 10.0. The molecule has 2 aliphatic rings. The normalized spacial score (nSPS) is 20.5. The molecule has 6 rings (SSSR count). The van der Waals surface area contributed by atoms with E-state index in [0.29, 0.717) is 44.4 Å². The Morgan fingerprint density at radius 1 is 1.07 bits per heavy atom. The van der Waals surface area contributed by atoms with Crippen LogP contribution < -0.4 is 9.64 Å². The van der Waals surface area contributed by atoms with Gasteiger partial charge < -0.3 is 24.0 Å². The molecule has 4 heterocycles. The lowest BCUT2D eigenvalue weighted by molar-refractivity contribution is -0.141. The quantitative estimate of drug-likeness (QED) is 0.277. The highest BCUT2D eigenvalue weighted by atomic mass is 32.1. The Labute approximate surface area is 244 Å². The summed E-state index contributed by atoms with van der Waals surface area (Å²) in [4.78, 5) is 29.5. The molecule has 2 aromatic carbocycles. The Balaban J connectivity index is 1.18. The van der Waals surface area contributed by atoms with Gasteiger partial charge in [-0.1, -0.05) is 49.4 Å². The van der Waals surface area contributed by atoms with Crippen molar-refractivity contribution in [2.45, 2.75) is 52.0 Å². The highest BCUT2D eigenvalue weighted by Gasteiger charge is 2.34. The Hall–Kier alpha value is -3.53. The summed E-state index contributed by atoms with van der Waals surface area (Å²) in [7, 11) is 0. The van der Waals surface area contributed by atoms with Gasteiger partial charge in [0.1, 0.15) is 23.4 Å². The zero-order valence-electron chi connectivity index (χ0n) is 24.0. The Kier molecular flexibility index (Phi) is 7.68. The third kappa shape index (κ3) is 5.93. The van der Waals surface area contributed by atoms with Gasteiger partial charge in [-0.05, 0) is 56.5 Å². The first-order valence-corrected chi connectivity index (χ1v) is 15.1. The van der Waals surface area contributed by atoms with Gasteiger partial charge in [0.15, 0.2) is 5.79 Å². The van der Waals surface area contributed by atoms with Crippen LogP contribution in [0.3, 0.4) is 0 Å². The molecule has 2 atom stereocenters. The summed E-state index contributed by atoms with van der Waals surface area (Å²) in [6.45, 7) is 10.8. The van der Waals surface area contributed by atoms with Crippen LogP contribution in [0.15, 0.2) is 60.7 Å². The molecule has 8 nitrogen and oxygen atoms in total. The van der Waals surface area contributed by atoms with Crippen LogP contribution in [0, 0.1) is 0 Å². The maximum absolute atomic E-state index is 13.5. The number of aromatic nitrogens is 2. The van der Waals surface area contributed by atoms with Gasteiger partial charge in [-0.3, -0.25) is 4.79 Å². The van der Waals surface area contributed by atoms with Gasteiger partial charge in [0, 0.05) is 36.1 Å². The van der Waals surface area contributed by atoms with Gasteiger partial charge in [0.05, 0.1) is 12.0 Å². The Bertz CT molecular complexity index is 1520. The van der Waals surface area contributed by atoms with E-state index < -0.39 is 5.79 Å². The van der Waals surface area contributed by atoms with Gasteiger partial charge in [0.2, 0.25) is 0 Å². The van der Waals surface area contributed by atoms with Crippen LogP contribution in [-0.2, 0) is 15.9 Å². The van der Waals surface area contributed by atoms with E-state index in [-0.39, 0.29) is 18.1 Å². The fourth-order valence-electron chi connectivity index (χ4n) is 5.48. The maximum atomic E-state index is 13.5. The Morgan fingerprint density at radius 3 is 2.51 bits per heavy atom. The predicted octanol–water partition coefficient (Wildman–Crippen LogP) is 5.80. The van der Waals surface area contributed by atoms with E-state index in [0.717, 1.165) is 33.6 Å². The largest absolute Gasteiger partial charge is 0.461 e. The number of anilines is 1. The predicted molar refractivity (Wildman–Crippen MR) is 162 cm³/mol. The van der Waals surface area contributed by atoms with Crippen LogP contribution in [0.25, 0.3) is 21.3 Å². The summed E-state index contributed by atoms with van der Waals surface area (Å²) in [5, 5.41) is 1.03. The third-order valence-electron chi connectivity index (χ3n) is 7.64. The first-order chi connectivity index (χ1) is 19.8. The molecule has 41 heavy (non-hydrogen) atoms. The molecule has 0 unspecified atom stereocenters. The van der Waals surface area contributed by atoms with Gasteiger partial charge in [-0.2, -0.15) is 9.97 Å². The molecule has 4 aromatic rings. The van der Waals surface area contributed by atoms with Crippen LogP contribution in [0.4, 0.5) is 5.82 Å². The molecule has 214 valence electrons. The molecule has 0 bridgehead atoms. The summed E-state index contributed by atoms with van der Waals surface area (Å²) in [6, 6.07) is 20.6. The van der Waals surface area contributed by atoms with E-state index in [2.05, 4.69) is 36.9 Å². The van der Waals surface area contributed by atoms with Crippen molar-refractivity contribution in [3.8, 4) is 17.1 Å². The van der Waals surface area contributed by atoms with Crippen molar-refractivity contribution in [2.24, 2.45) is 0 Å². The number of aryl methyl sites for hydroxylation is 1. The maximum Gasteiger partial charge on any atom is 0.319 e. The minimum atomic E-state index is -0.606. The smallest absolute Gasteiger partial charge is 0.319 e. The first kappa shape index (κ1) is 27.6. The zero-order chi connectivity index (χ0) is 28.6. The molecule has 2 aromatic heterocycles. The fourth-order valence-corrected chi connectivity index (χ4v) is 6.44. The van der Waals surface area contributed by atoms with E-state index in [9.17, 15) is 4.79 Å². The van der Waals surface area contributed by atoms with Gasteiger partial charge >= 0.3 is 6.01 Å². The van der Waals surface area contributed by atoms with Crippen LogP contribution in [0.5, 0.6) is 6.01 Å². The summed E-state index contributed by atoms with van der Waals surface area (Å²) in [6.07, 6.45) is 0.763. The lowest BCUT2D eigenvalue weighted by Crippen LogP contribution is -2.54. The van der Waals surface area contributed by atoms with Crippen molar-refractivity contribution in [1.82, 2.24) is 14.9 Å². The first-order valence-electron chi connectivity index (χ1n) is 14.3. The van der Waals surface area contributed by atoms with Crippen LogP contribution in [-0.4, -0.2) is 71.6 Å². The molecule has 2 saturated heterocycles. The van der Waals surface area contributed by atoms with E-state index in [1.165, 1.54) is 4.88 Å². The minimum Gasteiger partial charge on any atom is -0.461 e. The molecule has 0 spiro atoms. The summed E-state index contributed by atoms with van der Waals surface area (Å²) in [5.74, 6) is 0.306. The summed E-state index contributed by atoms with van der Waals surface area (Å²) < 4.78 is 17.6. The molecule has 1 amide bonds. The number of fused-ring (bicyclic) bond motifs is 1. The average molecular weight is 573 g/mol. The molecule has 0 aliphatic carbocycles. The molecule has 0 saturated carbocycles. The second kappa shape index (κ2) is 11.4. The van der Waals surface area contributed by atoms with Crippen molar-refractivity contribution in [1.29, 1.82) is 0 Å². The van der Waals surface area contributed by atoms with Gasteiger partial charge in [-0.25, -0.2) is 0 Å². The van der Waals surface area contributed by atoms with Gasteiger partial charge in [-0.15, -0.1) is 11.3 Å². The Morgan fingerprint density at radius 2 is 1.83 bits per heavy atom. The lowest BCUT2D eigenvalue weighted by Gasteiger charge is -2.40. The van der Waals surface area contributed by atoms with Crippen molar-refractivity contribution in [3.05, 3.63) is 71.1 Å². The van der Waals surface area contributed by atoms with E-state index in [4.69, 9.17) is 24.2 Å². The standard InChI is InChI=1S/C32H36N4O4S/c1-5-26-17-27-28(33-31(34-29(27)41-26)38-19-25-20-39-32(3,4)40-25)35-15-16-36(21(2)18-35)30(37)24-13-11-23(12-14-24)22-9-7-6-8-10-22/h6-14,17,21,25H,5,15-16,18-20H2,1-4H3/t21-,25+/m1/s1. The van der Waals surface area contributed by atoms with Crippen molar-refractivity contribution in [3.63, 3.8) is 0 Å². The number of hydrogen-bond acceptors (Lipinski definition) is 8. The van der Waals surface area contributed by atoms with E-state index in [1.807, 2.05) is 61.2 Å². The monoisotopic (exact) mass is 572 g/mol. The number of ether oxygens (including phenoxy) is 3. The van der Waals surface area contributed by atoms with Crippen LogP contribution in [0.1, 0.15) is 42.9 Å². The third-order valence-corrected chi connectivity index (χ3v) is 8.82. The summed E-state index contributed by atoms with van der Waals surface area (Å²) in [5.41, 5.74) is 2.95. The minimum absolute atomic E-state index is 0.00924. The van der Waals surface area contributed by atoms with Crippen LogP contribution >= 0.6 is 11.3 Å². The number of carbonyl (C=O) groups is 1. The highest BCUT2D eigenvalue weighted by Crippen LogP contribution is 2.34. The number of nitrogens with zero attached hydrogens (tertiary/aromatic N) is 4. The molecule has 2 fully saturated rings. The second-order valence-electron chi connectivity index (χ2n) is 11.1. The fraction of sp³-hybridized carbons (Fsp3) is 0.406. The van der Waals surface area contributed by atoms with Gasteiger partial charge in [0.25, 0.3) is 5.91 Å². The number of piperazine rings is 1. The van der Waals surface area contributed by atoms with E-state index >= 15 is 0 Å². The molecule has 0 N–H and O–H groups in total. The zero-order valence-corrected chi connectivity index (χ0v) is 24.8. The van der Waals surface area contributed by atoms with Crippen molar-refractivity contribution in [2.75, 3.05) is 37.7 Å². The number of carbonyl (C=O) groups excluding carboxylic acids is 1. The molecule has 0 radical (unpaired) electrons. The molecular formula is C32H36N4O4S. The number of thiophene rings is 1. The van der Waals surface area contributed by atoms with Crippen molar-refractivity contribution >= 4 is 33.3 Å².